The third-order valence-corrected chi connectivity index (χ3v) is 3.27. The molecule has 15 heavy (non-hydrogen) atoms. The molecule has 1 aromatic rings. The smallest absolute Gasteiger partial charge is 0.165 e. The molecule has 1 heterocycles. The summed E-state index contributed by atoms with van der Waals surface area (Å²) in [5, 5.41) is 13.4. The molecule has 0 spiro atoms. The van der Waals surface area contributed by atoms with E-state index in [1.54, 1.807) is 0 Å². The number of hydrogen-bond donors (Lipinski definition) is 0. The Bertz CT molecular complexity index is 421. The first kappa shape index (κ1) is 10.2. The van der Waals surface area contributed by atoms with Gasteiger partial charge in [-0.2, -0.15) is 10.4 Å². The Morgan fingerprint density at radius 1 is 1.53 bits per heavy atom. The first-order valence-electron chi connectivity index (χ1n) is 5.56. The highest BCUT2D eigenvalue weighted by Gasteiger charge is 2.30. The zero-order chi connectivity index (χ0) is 11.1. The Hall–Kier alpha value is -1.30. The lowest BCUT2D eigenvalue weighted by molar-refractivity contribution is 0.304. The van der Waals surface area contributed by atoms with Gasteiger partial charge in [0.05, 0.1) is 0 Å². The van der Waals surface area contributed by atoms with Crippen molar-refractivity contribution in [3.63, 3.8) is 0 Å². The van der Waals surface area contributed by atoms with Gasteiger partial charge in [0, 0.05) is 17.8 Å². The monoisotopic (exact) mass is 203 g/mol. The molecule has 0 N–H and O–H groups in total. The van der Waals surface area contributed by atoms with Crippen LogP contribution in [0, 0.1) is 16.7 Å². The minimum Gasteiger partial charge on any atom is -0.268 e. The summed E-state index contributed by atoms with van der Waals surface area (Å²) in [6, 6.07) is 2.21. The molecule has 0 saturated carbocycles. The molecule has 0 amide bonds. The molecule has 1 aliphatic carbocycles. The van der Waals surface area contributed by atoms with Crippen molar-refractivity contribution in [1.82, 2.24) is 9.78 Å². The molecule has 1 aromatic heterocycles. The molecule has 3 heteroatoms. The van der Waals surface area contributed by atoms with Crippen molar-refractivity contribution in [2.75, 3.05) is 0 Å². The summed E-state index contributed by atoms with van der Waals surface area (Å²) in [5.74, 6) is 0. The van der Waals surface area contributed by atoms with E-state index in [4.69, 9.17) is 5.26 Å². The third kappa shape index (κ3) is 1.65. The highest BCUT2D eigenvalue weighted by molar-refractivity contribution is 5.37. The van der Waals surface area contributed by atoms with Gasteiger partial charge in [0.1, 0.15) is 6.07 Å². The number of aromatic nitrogens is 2. The third-order valence-electron chi connectivity index (χ3n) is 3.27. The van der Waals surface area contributed by atoms with Gasteiger partial charge in [0.2, 0.25) is 0 Å². The average Bonchev–Trinajstić information content (AvgIpc) is 2.53. The van der Waals surface area contributed by atoms with Crippen LogP contribution in [0.3, 0.4) is 0 Å². The standard InChI is InChI=1S/C12H17N3/c1-4-15-11-7-12(2,3)6-5-9(11)10(8-13)14-15/h4-7H2,1-3H3. The minimum atomic E-state index is 0.354. The van der Waals surface area contributed by atoms with Gasteiger partial charge >= 0.3 is 0 Å². The molecule has 0 atom stereocenters. The van der Waals surface area contributed by atoms with Crippen molar-refractivity contribution < 1.29 is 0 Å². The van der Waals surface area contributed by atoms with E-state index in [0.717, 1.165) is 25.8 Å². The van der Waals surface area contributed by atoms with Gasteiger partial charge in [-0.1, -0.05) is 13.8 Å². The summed E-state index contributed by atoms with van der Waals surface area (Å²) in [6.07, 6.45) is 3.21. The fourth-order valence-electron chi connectivity index (χ4n) is 2.35. The van der Waals surface area contributed by atoms with Crippen LogP contribution in [0.25, 0.3) is 0 Å². The summed E-state index contributed by atoms with van der Waals surface area (Å²) in [7, 11) is 0. The highest BCUT2D eigenvalue weighted by atomic mass is 15.3. The van der Waals surface area contributed by atoms with Crippen LogP contribution in [0.1, 0.15) is 44.1 Å². The van der Waals surface area contributed by atoms with Crippen molar-refractivity contribution in [2.45, 2.75) is 46.6 Å². The van der Waals surface area contributed by atoms with Gasteiger partial charge in [-0.05, 0) is 31.6 Å². The molecule has 0 bridgehead atoms. The highest BCUT2D eigenvalue weighted by Crippen LogP contribution is 2.35. The number of aryl methyl sites for hydroxylation is 1. The molecule has 0 radical (unpaired) electrons. The molecule has 0 aromatic carbocycles. The molecule has 0 saturated heterocycles. The van der Waals surface area contributed by atoms with E-state index in [2.05, 4.69) is 31.9 Å². The topological polar surface area (TPSA) is 41.6 Å². The number of nitriles is 1. The first-order valence-corrected chi connectivity index (χ1v) is 5.56. The lowest BCUT2D eigenvalue weighted by atomic mass is 9.76. The van der Waals surface area contributed by atoms with Crippen LogP contribution >= 0.6 is 0 Å². The first-order chi connectivity index (χ1) is 7.07. The Balaban J connectivity index is 2.49. The van der Waals surface area contributed by atoms with E-state index < -0.39 is 0 Å². The van der Waals surface area contributed by atoms with Crippen molar-refractivity contribution >= 4 is 0 Å². The van der Waals surface area contributed by atoms with Crippen molar-refractivity contribution in [1.29, 1.82) is 5.26 Å². The van der Waals surface area contributed by atoms with Crippen LogP contribution in [0.15, 0.2) is 0 Å². The Kier molecular flexibility index (Phi) is 2.30. The van der Waals surface area contributed by atoms with Gasteiger partial charge in [-0.25, -0.2) is 0 Å². The Morgan fingerprint density at radius 3 is 2.87 bits per heavy atom. The maximum absolute atomic E-state index is 9.01. The summed E-state index contributed by atoms with van der Waals surface area (Å²) in [5.41, 5.74) is 3.47. The van der Waals surface area contributed by atoms with Crippen LogP contribution < -0.4 is 0 Å². The zero-order valence-electron chi connectivity index (χ0n) is 9.67. The van der Waals surface area contributed by atoms with E-state index in [0.29, 0.717) is 11.1 Å². The van der Waals surface area contributed by atoms with Crippen LogP contribution in [0.2, 0.25) is 0 Å². The van der Waals surface area contributed by atoms with Gasteiger partial charge in [0.15, 0.2) is 5.69 Å². The molecule has 80 valence electrons. The largest absolute Gasteiger partial charge is 0.268 e. The maximum atomic E-state index is 9.01. The second-order valence-electron chi connectivity index (χ2n) is 5.04. The van der Waals surface area contributed by atoms with Crippen molar-refractivity contribution in [3.8, 4) is 6.07 Å². The molecule has 3 nitrogen and oxygen atoms in total. The average molecular weight is 203 g/mol. The van der Waals surface area contributed by atoms with E-state index in [1.807, 2.05) is 4.68 Å². The zero-order valence-corrected chi connectivity index (χ0v) is 9.67. The summed E-state index contributed by atoms with van der Waals surface area (Å²) >= 11 is 0. The van der Waals surface area contributed by atoms with Gasteiger partial charge < -0.3 is 0 Å². The number of nitrogens with zero attached hydrogens (tertiary/aromatic N) is 3. The summed E-state index contributed by atoms with van der Waals surface area (Å²) < 4.78 is 1.99. The summed E-state index contributed by atoms with van der Waals surface area (Å²) in [6.45, 7) is 7.51. The number of rotatable bonds is 1. The molecular formula is C12H17N3. The van der Waals surface area contributed by atoms with Crippen molar-refractivity contribution in [3.05, 3.63) is 17.0 Å². The minimum absolute atomic E-state index is 0.354. The predicted molar refractivity (Wildman–Crippen MR) is 58.4 cm³/mol. The quantitative estimate of drug-likeness (QED) is 0.702. The fourth-order valence-corrected chi connectivity index (χ4v) is 2.35. The van der Waals surface area contributed by atoms with Crippen LogP contribution in [-0.4, -0.2) is 9.78 Å². The Morgan fingerprint density at radius 2 is 2.27 bits per heavy atom. The number of hydrogen-bond acceptors (Lipinski definition) is 2. The summed E-state index contributed by atoms with van der Waals surface area (Å²) in [4.78, 5) is 0. The van der Waals surface area contributed by atoms with E-state index >= 15 is 0 Å². The van der Waals surface area contributed by atoms with Gasteiger partial charge in [0.25, 0.3) is 0 Å². The molecule has 0 fully saturated rings. The predicted octanol–water partition coefficient (Wildman–Crippen LogP) is 2.29. The van der Waals surface area contributed by atoms with E-state index in [-0.39, 0.29) is 0 Å². The van der Waals surface area contributed by atoms with Crippen LogP contribution in [0.5, 0.6) is 0 Å². The SMILES string of the molecule is CCn1nc(C#N)c2c1CC(C)(C)CC2. The second kappa shape index (κ2) is 3.37. The van der Waals surface area contributed by atoms with Gasteiger partial charge in [-0.3, -0.25) is 4.68 Å². The molecule has 0 aliphatic heterocycles. The normalized spacial score (nSPS) is 18.3. The van der Waals surface area contributed by atoms with Crippen LogP contribution in [-0.2, 0) is 19.4 Å². The van der Waals surface area contributed by atoms with E-state index in [9.17, 15) is 0 Å². The fraction of sp³-hybridized carbons (Fsp3) is 0.667. The lowest BCUT2D eigenvalue weighted by Gasteiger charge is -2.29. The molecule has 2 rings (SSSR count). The lowest BCUT2D eigenvalue weighted by Crippen LogP contribution is -2.24. The molecule has 0 unspecified atom stereocenters. The van der Waals surface area contributed by atoms with Gasteiger partial charge in [-0.15, -0.1) is 0 Å². The second-order valence-corrected chi connectivity index (χ2v) is 5.04. The van der Waals surface area contributed by atoms with E-state index in [1.165, 1.54) is 11.3 Å². The number of fused-ring (bicyclic) bond motifs is 1. The Labute approximate surface area is 90.7 Å². The van der Waals surface area contributed by atoms with Crippen LogP contribution in [0.4, 0.5) is 0 Å². The van der Waals surface area contributed by atoms with Crippen molar-refractivity contribution in [2.24, 2.45) is 5.41 Å². The maximum Gasteiger partial charge on any atom is 0.165 e. The molecule has 1 aliphatic rings. The molecular weight excluding hydrogens is 186 g/mol.